The highest BCUT2D eigenvalue weighted by Gasteiger charge is 2.04. The fraction of sp³-hybridized carbons (Fsp3) is 0.231. The molecule has 0 aliphatic carbocycles. The van der Waals surface area contributed by atoms with Crippen molar-refractivity contribution in [3.8, 4) is 0 Å². The van der Waals surface area contributed by atoms with Gasteiger partial charge in [0.1, 0.15) is 5.82 Å². The first-order valence-electron chi connectivity index (χ1n) is 5.90. The molecule has 100 valence electrons. The van der Waals surface area contributed by atoms with Gasteiger partial charge in [-0.2, -0.15) is 0 Å². The zero-order valence-electron chi connectivity index (χ0n) is 10.4. The fourth-order valence-electron chi connectivity index (χ4n) is 1.57. The second-order valence-electron chi connectivity index (χ2n) is 3.92. The van der Waals surface area contributed by atoms with Gasteiger partial charge in [-0.15, -0.1) is 0 Å². The maximum atomic E-state index is 13.5. The van der Waals surface area contributed by atoms with Crippen molar-refractivity contribution < 1.29 is 4.39 Å². The average Bonchev–Trinajstić information content (AvgIpc) is 2.35. The van der Waals surface area contributed by atoms with Crippen molar-refractivity contribution in [3.63, 3.8) is 0 Å². The molecular formula is C13H14FN3OS. The van der Waals surface area contributed by atoms with Crippen molar-refractivity contribution in [2.45, 2.75) is 23.5 Å². The molecule has 0 saturated carbocycles. The van der Waals surface area contributed by atoms with Gasteiger partial charge in [0.05, 0.1) is 0 Å². The van der Waals surface area contributed by atoms with E-state index < -0.39 is 0 Å². The molecular weight excluding hydrogens is 265 g/mol. The Labute approximate surface area is 114 Å². The summed E-state index contributed by atoms with van der Waals surface area (Å²) in [4.78, 5) is 18.5. The highest BCUT2D eigenvalue weighted by Crippen LogP contribution is 2.25. The van der Waals surface area contributed by atoms with E-state index in [0.717, 1.165) is 12.1 Å². The molecule has 0 spiro atoms. The molecule has 0 bridgehead atoms. The molecule has 0 fully saturated rings. The number of rotatable bonds is 5. The van der Waals surface area contributed by atoms with Gasteiger partial charge in [-0.05, 0) is 30.3 Å². The first kappa shape index (κ1) is 13.8. The third-order valence-corrected chi connectivity index (χ3v) is 3.24. The number of hydrogen-bond acceptors (Lipinski definition) is 4. The molecule has 0 aliphatic heterocycles. The number of aromatic amines is 1. The summed E-state index contributed by atoms with van der Waals surface area (Å²) in [7, 11) is 0. The van der Waals surface area contributed by atoms with Crippen molar-refractivity contribution in [1.29, 1.82) is 0 Å². The summed E-state index contributed by atoms with van der Waals surface area (Å²) < 4.78 is 13.5. The molecule has 1 aromatic heterocycles. The maximum absolute atomic E-state index is 13.5. The monoisotopic (exact) mass is 279 g/mol. The van der Waals surface area contributed by atoms with E-state index in [-0.39, 0.29) is 11.4 Å². The Balaban J connectivity index is 2.20. The first-order chi connectivity index (χ1) is 9.17. The molecule has 1 heterocycles. The van der Waals surface area contributed by atoms with E-state index in [2.05, 4.69) is 15.3 Å². The van der Waals surface area contributed by atoms with Gasteiger partial charge in [0, 0.05) is 23.7 Å². The van der Waals surface area contributed by atoms with Crippen LogP contribution in [0.15, 0.2) is 45.3 Å². The first-order valence-corrected chi connectivity index (χ1v) is 6.72. The number of H-pyrrole nitrogens is 1. The molecule has 0 aliphatic rings. The van der Waals surface area contributed by atoms with E-state index in [1.54, 1.807) is 0 Å². The van der Waals surface area contributed by atoms with Crippen molar-refractivity contribution in [1.82, 2.24) is 15.3 Å². The Hall–Kier alpha value is -1.66. The zero-order chi connectivity index (χ0) is 13.7. The summed E-state index contributed by atoms with van der Waals surface area (Å²) in [5.74, 6) is -0.295. The van der Waals surface area contributed by atoms with Crippen LogP contribution in [0.25, 0.3) is 0 Å². The predicted octanol–water partition coefficient (Wildman–Crippen LogP) is 2.17. The van der Waals surface area contributed by atoms with Gasteiger partial charge in [0.25, 0.3) is 5.56 Å². The summed E-state index contributed by atoms with van der Waals surface area (Å²) in [5, 5.41) is 3.59. The lowest BCUT2D eigenvalue weighted by molar-refractivity contribution is 0.617. The van der Waals surface area contributed by atoms with Crippen LogP contribution in [0.1, 0.15) is 12.5 Å². The van der Waals surface area contributed by atoms with Crippen LogP contribution in [0.4, 0.5) is 4.39 Å². The van der Waals surface area contributed by atoms with E-state index >= 15 is 0 Å². The number of halogens is 1. The van der Waals surface area contributed by atoms with Crippen LogP contribution in [0.2, 0.25) is 0 Å². The summed E-state index contributed by atoms with van der Waals surface area (Å²) in [6.07, 6.45) is 1.43. The van der Waals surface area contributed by atoms with Crippen LogP contribution in [0, 0.1) is 5.82 Å². The largest absolute Gasteiger partial charge is 0.313 e. The second-order valence-corrected chi connectivity index (χ2v) is 4.98. The van der Waals surface area contributed by atoms with Crippen molar-refractivity contribution >= 4 is 11.8 Å². The Morgan fingerprint density at radius 3 is 3.00 bits per heavy atom. The summed E-state index contributed by atoms with van der Waals surface area (Å²) in [5.41, 5.74) is 0.643. The smallest absolute Gasteiger partial charge is 0.251 e. The molecule has 2 aromatic rings. The third kappa shape index (κ3) is 4.18. The van der Waals surface area contributed by atoms with Crippen LogP contribution in [0.5, 0.6) is 0 Å². The van der Waals surface area contributed by atoms with Crippen LogP contribution >= 0.6 is 11.8 Å². The molecule has 0 atom stereocenters. The van der Waals surface area contributed by atoms with Gasteiger partial charge in [-0.3, -0.25) is 4.79 Å². The lowest BCUT2D eigenvalue weighted by atomic mass is 10.2. The average molecular weight is 279 g/mol. The second kappa shape index (κ2) is 6.49. The topological polar surface area (TPSA) is 57.8 Å². The van der Waals surface area contributed by atoms with Gasteiger partial charge < -0.3 is 10.3 Å². The molecule has 0 saturated heterocycles. The molecule has 0 radical (unpaired) electrons. The minimum absolute atomic E-state index is 0.221. The van der Waals surface area contributed by atoms with Gasteiger partial charge in [-0.25, -0.2) is 9.37 Å². The van der Waals surface area contributed by atoms with Crippen LogP contribution in [-0.2, 0) is 6.54 Å². The van der Waals surface area contributed by atoms with Gasteiger partial charge >= 0.3 is 0 Å². The Morgan fingerprint density at radius 1 is 1.42 bits per heavy atom. The van der Waals surface area contributed by atoms with Crippen molar-refractivity contribution in [2.75, 3.05) is 6.54 Å². The zero-order valence-corrected chi connectivity index (χ0v) is 11.3. The molecule has 0 amide bonds. The number of benzene rings is 1. The lowest BCUT2D eigenvalue weighted by Crippen LogP contribution is -2.11. The molecule has 2 rings (SSSR count). The molecule has 1 aromatic carbocycles. The van der Waals surface area contributed by atoms with Crippen LogP contribution in [0.3, 0.4) is 0 Å². The van der Waals surface area contributed by atoms with E-state index in [1.165, 1.54) is 36.2 Å². The quantitative estimate of drug-likeness (QED) is 0.824. The minimum Gasteiger partial charge on any atom is -0.313 e. The van der Waals surface area contributed by atoms with E-state index in [0.29, 0.717) is 16.6 Å². The SMILES string of the molecule is CCNCc1cc(F)cc(Sc2nccc(=O)[nH]2)c1. The van der Waals surface area contributed by atoms with Crippen molar-refractivity contribution in [2.24, 2.45) is 0 Å². The number of nitrogens with one attached hydrogen (secondary N) is 2. The predicted molar refractivity (Wildman–Crippen MR) is 72.8 cm³/mol. The number of hydrogen-bond donors (Lipinski definition) is 2. The summed E-state index contributed by atoms with van der Waals surface area (Å²) in [6, 6.07) is 6.14. The van der Waals surface area contributed by atoms with Crippen molar-refractivity contribution in [3.05, 3.63) is 52.2 Å². The molecule has 19 heavy (non-hydrogen) atoms. The molecule has 4 nitrogen and oxygen atoms in total. The Morgan fingerprint density at radius 2 is 2.26 bits per heavy atom. The third-order valence-electron chi connectivity index (χ3n) is 2.37. The molecule has 0 unspecified atom stereocenters. The van der Waals surface area contributed by atoms with E-state index in [1.807, 2.05) is 13.0 Å². The number of nitrogens with zero attached hydrogens (tertiary/aromatic N) is 1. The highest BCUT2D eigenvalue weighted by atomic mass is 32.2. The number of aromatic nitrogens is 2. The maximum Gasteiger partial charge on any atom is 0.251 e. The van der Waals surface area contributed by atoms with Gasteiger partial charge in [-0.1, -0.05) is 18.7 Å². The molecule has 6 heteroatoms. The Kier molecular flexibility index (Phi) is 4.70. The van der Waals surface area contributed by atoms with Crippen LogP contribution in [-0.4, -0.2) is 16.5 Å². The standard InChI is InChI=1S/C13H14FN3OS/c1-2-15-8-9-5-10(14)7-11(6-9)19-13-16-4-3-12(18)17-13/h3-7,15H,2,8H2,1H3,(H,16,17,18). The lowest BCUT2D eigenvalue weighted by Gasteiger charge is -2.06. The Bertz CT molecular complexity index is 615. The summed E-state index contributed by atoms with van der Waals surface area (Å²) >= 11 is 1.23. The van der Waals surface area contributed by atoms with E-state index in [9.17, 15) is 9.18 Å². The van der Waals surface area contributed by atoms with E-state index in [4.69, 9.17) is 0 Å². The molecule has 2 N–H and O–H groups in total. The minimum atomic E-state index is -0.295. The summed E-state index contributed by atoms with van der Waals surface area (Å²) in [6.45, 7) is 3.43. The van der Waals surface area contributed by atoms with Gasteiger partial charge in [0.15, 0.2) is 5.16 Å². The normalized spacial score (nSPS) is 10.6. The van der Waals surface area contributed by atoms with Gasteiger partial charge in [0.2, 0.25) is 0 Å². The fourth-order valence-corrected chi connectivity index (χ4v) is 2.44. The highest BCUT2D eigenvalue weighted by molar-refractivity contribution is 7.99. The van der Waals surface area contributed by atoms with Crippen LogP contribution < -0.4 is 10.9 Å².